The second-order valence-corrected chi connectivity index (χ2v) is 6.47. The summed E-state index contributed by atoms with van der Waals surface area (Å²) in [5, 5.41) is 8.93. The Labute approximate surface area is 164 Å². The molecule has 1 aromatic carbocycles. The number of para-hydroxylation sites is 1. The largest absolute Gasteiger partial charge is 0.461 e. The van der Waals surface area contributed by atoms with Gasteiger partial charge in [0.1, 0.15) is 11.8 Å². The van der Waals surface area contributed by atoms with Crippen LogP contribution in [0, 0.1) is 0 Å². The SMILES string of the molecule is CCOC(=O)C1=NN(c2ccccc2)[C@@H](C(=O)NCCCCn2ccnc2)C1. The van der Waals surface area contributed by atoms with Gasteiger partial charge in [0.05, 0.1) is 18.6 Å². The maximum absolute atomic E-state index is 12.8. The summed E-state index contributed by atoms with van der Waals surface area (Å²) in [6, 6.07) is 8.81. The number of esters is 1. The molecule has 3 rings (SSSR count). The molecule has 0 spiro atoms. The Kier molecular flexibility index (Phi) is 6.78. The van der Waals surface area contributed by atoms with E-state index in [1.807, 2.05) is 41.1 Å². The first-order valence-electron chi connectivity index (χ1n) is 9.51. The van der Waals surface area contributed by atoms with E-state index in [1.54, 1.807) is 24.5 Å². The van der Waals surface area contributed by atoms with E-state index in [9.17, 15) is 9.59 Å². The molecule has 0 fully saturated rings. The molecule has 0 bridgehead atoms. The third kappa shape index (κ3) is 4.97. The van der Waals surface area contributed by atoms with Crippen LogP contribution in [0.3, 0.4) is 0 Å². The molecule has 1 aliphatic rings. The van der Waals surface area contributed by atoms with Gasteiger partial charge in [-0.05, 0) is 31.9 Å². The van der Waals surface area contributed by atoms with Gasteiger partial charge in [-0.15, -0.1) is 0 Å². The van der Waals surface area contributed by atoms with Crippen LogP contribution in [0.1, 0.15) is 26.2 Å². The number of unbranched alkanes of at least 4 members (excludes halogenated alkanes) is 1. The highest BCUT2D eigenvalue weighted by Crippen LogP contribution is 2.25. The van der Waals surface area contributed by atoms with Gasteiger partial charge in [0.2, 0.25) is 5.91 Å². The topological polar surface area (TPSA) is 88.8 Å². The van der Waals surface area contributed by atoms with Crippen molar-refractivity contribution in [2.24, 2.45) is 5.10 Å². The molecule has 0 saturated heterocycles. The second kappa shape index (κ2) is 9.68. The van der Waals surface area contributed by atoms with E-state index in [0.29, 0.717) is 6.54 Å². The molecule has 8 heteroatoms. The molecule has 28 heavy (non-hydrogen) atoms. The lowest BCUT2D eigenvalue weighted by Crippen LogP contribution is -2.43. The standard InChI is InChI=1S/C20H25N5O3/c1-2-28-20(27)17-14-18(25(23-17)16-8-4-3-5-9-16)19(26)22-10-6-7-12-24-13-11-21-15-24/h3-5,8-9,11,13,15,18H,2,6-7,10,12,14H2,1H3,(H,22,26)/t18-/m1/s1. The van der Waals surface area contributed by atoms with Gasteiger partial charge in [-0.25, -0.2) is 9.78 Å². The van der Waals surface area contributed by atoms with Gasteiger partial charge in [0.15, 0.2) is 0 Å². The second-order valence-electron chi connectivity index (χ2n) is 6.47. The minimum Gasteiger partial charge on any atom is -0.461 e. The lowest BCUT2D eigenvalue weighted by atomic mass is 10.1. The molecule has 1 amide bonds. The Morgan fingerprint density at radius 1 is 1.25 bits per heavy atom. The quantitative estimate of drug-likeness (QED) is 0.528. The fourth-order valence-corrected chi connectivity index (χ4v) is 3.04. The van der Waals surface area contributed by atoms with Crippen LogP contribution in [-0.2, 0) is 20.9 Å². The van der Waals surface area contributed by atoms with Gasteiger partial charge in [-0.3, -0.25) is 9.80 Å². The number of hydrogen-bond donors (Lipinski definition) is 1. The van der Waals surface area contributed by atoms with Crippen LogP contribution in [0.4, 0.5) is 5.69 Å². The zero-order chi connectivity index (χ0) is 19.8. The Morgan fingerprint density at radius 3 is 2.79 bits per heavy atom. The van der Waals surface area contributed by atoms with Crippen LogP contribution in [0.5, 0.6) is 0 Å². The molecule has 148 valence electrons. The first-order valence-corrected chi connectivity index (χ1v) is 9.51. The highest BCUT2D eigenvalue weighted by molar-refractivity contribution is 6.38. The van der Waals surface area contributed by atoms with Crippen LogP contribution in [0.25, 0.3) is 0 Å². The van der Waals surface area contributed by atoms with Gasteiger partial charge in [0, 0.05) is 31.9 Å². The summed E-state index contributed by atoms with van der Waals surface area (Å²) in [4.78, 5) is 28.8. The van der Waals surface area contributed by atoms with Crippen molar-refractivity contribution in [1.29, 1.82) is 0 Å². The van der Waals surface area contributed by atoms with Crippen molar-refractivity contribution in [2.45, 2.75) is 38.8 Å². The number of carbonyl (C=O) groups excluding carboxylic acids is 2. The molecule has 8 nitrogen and oxygen atoms in total. The molecular formula is C20H25N5O3. The van der Waals surface area contributed by atoms with Gasteiger partial charge >= 0.3 is 5.97 Å². The number of benzene rings is 1. The van der Waals surface area contributed by atoms with Crippen molar-refractivity contribution in [3.63, 3.8) is 0 Å². The Hall–Kier alpha value is -3.16. The van der Waals surface area contributed by atoms with Gasteiger partial charge < -0.3 is 14.6 Å². The van der Waals surface area contributed by atoms with Gasteiger partial charge in [0.25, 0.3) is 0 Å². The average molecular weight is 383 g/mol. The molecule has 0 aliphatic carbocycles. The number of anilines is 1. The monoisotopic (exact) mass is 383 g/mol. The zero-order valence-electron chi connectivity index (χ0n) is 16.0. The van der Waals surface area contributed by atoms with Crippen molar-refractivity contribution in [3.05, 3.63) is 49.1 Å². The number of imidazole rings is 1. The molecule has 0 saturated carbocycles. The minimum absolute atomic E-state index is 0.144. The van der Waals surface area contributed by atoms with Crippen molar-refractivity contribution in [2.75, 3.05) is 18.2 Å². The summed E-state index contributed by atoms with van der Waals surface area (Å²) in [5.74, 6) is -0.617. The van der Waals surface area contributed by atoms with Crippen LogP contribution in [0.2, 0.25) is 0 Å². The van der Waals surface area contributed by atoms with Crippen LogP contribution < -0.4 is 10.3 Å². The Morgan fingerprint density at radius 2 is 2.07 bits per heavy atom. The lowest BCUT2D eigenvalue weighted by Gasteiger charge is -2.22. The van der Waals surface area contributed by atoms with E-state index in [1.165, 1.54) is 0 Å². The number of nitrogens with zero attached hydrogens (tertiary/aromatic N) is 4. The fraction of sp³-hybridized carbons (Fsp3) is 0.400. The number of ether oxygens (including phenoxy) is 1. The van der Waals surface area contributed by atoms with Crippen LogP contribution in [-0.4, -0.2) is 46.3 Å². The number of aromatic nitrogens is 2. The van der Waals surface area contributed by atoms with Gasteiger partial charge in [-0.1, -0.05) is 18.2 Å². The molecular weight excluding hydrogens is 358 g/mol. The molecule has 1 N–H and O–H groups in total. The number of hydrogen-bond acceptors (Lipinski definition) is 6. The molecule has 1 atom stereocenters. The van der Waals surface area contributed by atoms with Crippen LogP contribution in [0.15, 0.2) is 54.2 Å². The third-order valence-corrected chi connectivity index (χ3v) is 4.45. The lowest BCUT2D eigenvalue weighted by molar-refractivity contribution is -0.135. The van der Waals surface area contributed by atoms with E-state index in [2.05, 4.69) is 15.4 Å². The Balaban J connectivity index is 1.56. The maximum Gasteiger partial charge on any atom is 0.354 e. The smallest absolute Gasteiger partial charge is 0.354 e. The van der Waals surface area contributed by atoms with Crippen LogP contribution >= 0.6 is 0 Å². The highest BCUT2D eigenvalue weighted by atomic mass is 16.5. The van der Waals surface area contributed by atoms with E-state index in [-0.39, 0.29) is 24.6 Å². The van der Waals surface area contributed by atoms with E-state index >= 15 is 0 Å². The molecule has 0 radical (unpaired) electrons. The van der Waals surface area contributed by atoms with E-state index in [0.717, 1.165) is 25.1 Å². The zero-order valence-corrected chi connectivity index (χ0v) is 16.0. The molecule has 1 aromatic heterocycles. The number of rotatable bonds is 9. The van der Waals surface area contributed by atoms with Crippen molar-refractivity contribution in [1.82, 2.24) is 14.9 Å². The summed E-state index contributed by atoms with van der Waals surface area (Å²) >= 11 is 0. The summed E-state index contributed by atoms with van der Waals surface area (Å²) in [7, 11) is 0. The summed E-state index contributed by atoms with van der Waals surface area (Å²) in [5.41, 5.74) is 1.04. The average Bonchev–Trinajstić information content (AvgIpc) is 3.38. The number of carbonyl (C=O) groups is 2. The molecule has 2 heterocycles. The third-order valence-electron chi connectivity index (χ3n) is 4.45. The van der Waals surface area contributed by atoms with Crippen molar-refractivity contribution >= 4 is 23.3 Å². The van der Waals surface area contributed by atoms with E-state index in [4.69, 9.17) is 4.74 Å². The normalized spacial score (nSPS) is 16.0. The van der Waals surface area contributed by atoms with Gasteiger partial charge in [-0.2, -0.15) is 5.10 Å². The summed E-state index contributed by atoms with van der Waals surface area (Å²) in [6.45, 7) is 3.46. The molecule has 2 aromatic rings. The summed E-state index contributed by atoms with van der Waals surface area (Å²) in [6.07, 6.45) is 7.48. The number of nitrogens with one attached hydrogen (secondary N) is 1. The van der Waals surface area contributed by atoms with Crippen molar-refractivity contribution in [3.8, 4) is 0 Å². The minimum atomic E-state index is -0.560. The Bertz CT molecular complexity index is 805. The maximum atomic E-state index is 12.8. The van der Waals surface area contributed by atoms with Crippen molar-refractivity contribution < 1.29 is 14.3 Å². The first-order chi connectivity index (χ1) is 13.7. The first kappa shape index (κ1) is 19.6. The number of aryl methyl sites for hydroxylation is 1. The number of hydrazone groups is 1. The molecule has 1 aliphatic heterocycles. The number of amides is 1. The molecule has 0 unspecified atom stereocenters. The van der Waals surface area contributed by atoms with E-state index < -0.39 is 12.0 Å². The predicted octanol–water partition coefficient (Wildman–Crippen LogP) is 1.98. The predicted molar refractivity (Wildman–Crippen MR) is 106 cm³/mol. The fourth-order valence-electron chi connectivity index (χ4n) is 3.04. The highest BCUT2D eigenvalue weighted by Gasteiger charge is 2.36. The summed E-state index contributed by atoms with van der Waals surface area (Å²) < 4.78 is 7.06.